The fourth-order valence-corrected chi connectivity index (χ4v) is 3.55. The lowest BCUT2D eigenvalue weighted by atomic mass is 10.0. The van der Waals surface area contributed by atoms with Gasteiger partial charge >= 0.3 is 6.09 Å². The van der Waals surface area contributed by atoms with Gasteiger partial charge in [-0.2, -0.15) is 0 Å². The molecule has 1 aromatic carbocycles. The highest BCUT2D eigenvalue weighted by molar-refractivity contribution is 9.10. The van der Waals surface area contributed by atoms with Gasteiger partial charge in [0.25, 0.3) is 0 Å². The molecule has 120 valence electrons. The molecular weight excluding hydrogens is 364 g/mol. The van der Waals surface area contributed by atoms with E-state index in [4.69, 9.17) is 4.74 Å². The van der Waals surface area contributed by atoms with Crippen LogP contribution in [-0.2, 0) is 11.2 Å². The Morgan fingerprint density at radius 3 is 2.64 bits per heavy atom. The maximum Gasteiger partial charge on any atom is 0.408 e. The van der Waals surface area contributed by atoms with Gasteiger partial charge in [-0.25, -0.2) is 9.78 Å². The number of benzene rings is 1. The maximum absolute atomic E-state index is 11.9. The number of alkyl carbamates (subject to hydrolysis) is 1. The molecule has 1 N–H and O–H groups in total. The number of carbonyl (C=O) groups excluding carboxylic acids is 1. The van der Waals surface area contributed by atoms with Crippen molar-refractivity contribution in [2.75, 3.05) is 0 Å². The molecule has 0 saturated carbocycles. The molecule has 0 radical (unpaired) electrons. The molecule has 0 bridgehead atoms. The minimum Gasteiger partial charge on any atom is -0.444 e. The molecule has 6 heteroatoms. The van der Waals surface area contributed by atoms with Gasteiger partial charge in [0.05, 0.1) is 15.2 Å². The number of nitrogens with zero attached hydrogens (tertiary/aromatic N) is 1. The Kier molecular flexibility index (Phi) is 4.82. The average molecular weight is 385 g/mol. The van der Waals surface area contributed by atoms with Crippen LogP contribution in [0.25, 0.3) is 10.2 Å². The van der Waals surface area contributed by atoms with E-state index < -0.39 is 17.2 Å². The minimum absolute atomic E-state index is 0.402. The first-order chi connectivity index (χ1) is 10.0. The second-order valence-electron chi connectivity index (χ2n) is 6.91. The smallest absolute Gasteiger partial charge is 0.408 e. The first-order valence-electron chi connectivity index (χ1n) is 7.10. The molecule has 0 saturated heterocycles. The fourth-order valence-electron chi connectivity index (χ4n) is 2.03. The normalized spacial score (nSPS) is 12.5. The Hall–Kier alpha value is -1.14. The number of fused-ring (bicyclic) bond motifs is 1. The van der Waals surface area contributed by atoms with Crippen molar-refractivity contribution in [3.63, 3.8) is 0 Å². The molecule has 0 spiro atoms. The Morgan fingerprint density at radius 2 is 2.00 bits per heavy atom. The number of hydrogen-bond acceptors (Lipinski definition) is 4. The van der Waals surface area contributed by atoms with Crippen LogP contribution in [0.3, 0.4) is 0 Å². The highest BCUT2D eigenvalue weighted by Crippen LogP contribution is 2.27. The van der Waals surface area contributed by atoms with E-state index in [1.807, 2.05) is 46.8 Å². The summed E-state index contributed by atoms with van der Waals surface area (Å²) in [6, 6.07) is 6.06. The first kappa shape index (κ1) is 17.2. The van der Waals surface area contributed by atoms with Crippen LogP contribution in [0.2, 0.25) is 0 Å². The molecule has 0 unspecified atom stereocenters. The molecule has 2 aromatic rings. The van der Waals surface area contributed by atoms with Crippen molar-refractivity contribution in [2.24, 2.45) is 0 Å². The number of halogens is 1. The monoisotopic (exact) mass is 384 g/mol. The molecule has 0 aliphatic rings. The largest absolute Gasteiger partial charge is 0.444 e. The summed E-state index contributed by atoms with van der Waals surface area (Å²) < 4.78 is 7.47. The van der Waals surface area contributed by atoms with E-state index in [1.165, 1.54) is 0 Å². The number of aromatic nitrogens is 1. The maximum atomic E-state index is 11.9. The Morgan fingerprint density at radius 1 is 1.32 bits per heavy atom. The van der Waals surface area contributed by atoms with Crippen molar-refractivity contribution in [3.05, 3.63) is 27.7 Å². The van der Waals surface area contributed by atoms with Crippen LogP contribution in [-0.4, -0.2) is 22.2 Å². The van der Waals surface area contributed by atoms with Crippen molar-refractivity contribution in [3.8, 4) is 0 Å². The Bertz CT molecular complexity index is 689. The fraction of sp³-hybridized carbons (Fsp3) is 0.500. The third-order valence-corrected chi connectivity index (χ3v) is 4.36. The summed E-state index contributed by atoms with van der Waals surface area (Å²) in [7, 11) is 0. The summed E-state index contributed by atoms with van der Waals surface area (Å²) in [6.45, 7) is 9.50. The molecule has 4 nitrogen and oxygen atoms in total. The van der Waals surface area contributed by atoms with E-state index in [0.29, 0.717) is 6.42 Å². The predicted molar refractivity (Wildman–Crippen MR) is 94.5 cm³/mol. The summed E-state index contributed by atoms with van der Waals surface area (Å²) in [5.74, 6) is 0. The molecule has 1 aromatic heterocycles. The lowest BCUT2D eigenvalue weighted by molar-refractivity contribution is 0.0472. The topological polar surface area (TPSA) is 51.2 Å². The number of nitrogens with one attached hydrogen (secondary N) is 1. The number of amides is 1. The van der Waals surface area contributed by atoms with E-state index in [2.05, 4.69) is 32.3 Å². The third-order valence-electron chi connectivity index (χ3n) is 2.83. The summed E-state index contributed by atoms with van der Waals surface area (Å²) in [5, 5.41) is 3.91. The summed E-state index contributed by atoms with van der Waals surface area (Å²) in [4.78, 5) is 16.6. The molecule has 22 heavy (non-hydrogen) atoms. The van der Waals surface area contributed by atoms with Crippen LogP contribution in [0.1, 0.15) is 39.6 Å². The standard InChI is InChI=1S/C16H21BrN2O2S/c1-15(2,3)21-14(20)19-16(4,5)9-13-18-11-8-10(17)6-7-12(11)22-13/h6-8H,9H2,1-5H3,(H,19,20). The van der Waals surface area contributed by atoms with Gasteiger partial charge in [-0.05, 0) is 52.8 Å². The number of thiazole rings is 1. The molecule has 2 rings (SSSR count). The number of carbonyl (C=O) groups is 1. The van der Waals surface area contributed by atoms with Crippen LogP contribution in [0.4, 0.5) is 4.79 Å². The van der Waals surface area contributed by atoms with Gasteiger partial charge in [0, 0.05) is 16.4 Å². The highest BCUT2D eigenvalue weighted by Gasteiger charge is 2.26. The summed E-state index contributed by atoms with van der Waals surface area (Å²) >= 11 is 5.10. The van der Waals surface area contributed by atoms with Crippen molar-refractivity contribution >= 4 is 43.6 Å². The molecule has 1 heterocycles. The van der Waals surface area contributed by atoms with Crippen LogP contribution in [0.15, 0.2) is 22.7 Å². The zero-order valence-corrected chi connectivity index (χ0v) is 15.9. The first-order valence-corrected chi connectivity index (χ1v) is 8.71. The SMILES string of the molecule is CC(C)(Cc1nc2cc(Br)ccc2s1)NC(=O)OC(C)(C)C. The van der Waals surface area contributed by atoms with E-state index in [1.54, 1.807) is 11.3 Å². The van der Waals surface area contributed by atoms with E-state index in [-0.39, 0.29) is 0 Å². The quantitative estimate of drug-likeness (QED) is 0.817. The van der Waals surface area contributed by atoms with Crippen LogP contribution in [0.5, 0.6) is 0 Å². The van der Waals surface area contributed by atoms with Gasteiger partial charge in [-0.1, -0.05) is 15.9 Å². The number of ether oxygens (including phenoxy) is 1. The highest BCUT2D eigenvalue weighted by atomic mass is 79.9. The molecule has 0 aliphatic heterocycles. The van der Waals surface area contributed by atoms with E-state index in [0.717, 1.165) is 19.7 Å². The van der Waals surface area contributed by atoms with Crippen molar-refractivity contribution in [1.29, 1.82) is 0 Å². The van der Waals surface area contributed by atoms with E-state index in [9.17, 15) is 4.79 Å². The zero-order chi connectivity index (χ0) is 16.5. The van der Waals surface area contributed by atoms with Crippen molar-refractivity contribution in [2.45, 2.75) is 52.2 Å². The molecule has 1 amide bonds. The summed E-state index contributed by atoms with van der Waals surface area (Å²) in [5.41, 5.74) is 0.0536. The third kappa shape index (κ3) is 4.95. The second-order valence-corrected chi connectivity index (χ2v) is 8.94. The Labute approximate surface area is 143 Å². The average Bonchev–Trinajstić information content (AvgIpc) is 2.65. The predicted octanol–water partition coefficient (Wildman–Crippen LogP) is 4.90. The second kappa shape index (κ2) is 6.16. The lowest BCUT2D eigenvalue weighted by Crippen LogP contribution is -2.47. The van der Waals surface area contributed by atoms with Gasteiger partial charge in [0.2, 0.25) is 0 Å². The molecule has 0 aliphatic carbocycles. The zero-order valence-electron chi connectivity index (χ0n) is 13.5. The van der Waals surface area contributed by atoms with Gasteiger partial charge in [-0.3, -0.25) is 0 Å². The van der Waals surface area contributed by atoms with Crippen LogP contribution < -0.4 is 5.32 Å². The lowest BCUT2D eigenvalue weighted by Gasteiger charge is -2.28. The molecule has 0 atom stereocenters. The Balaban J connectivity index is 2.08. The molecular formula is C16H21BrN2O2S. The van der Waals surface area contributed by atoms with Gasteiger partial charge in [-0.15, -0.1) is 11.3 Å². The van der Waals surface area contributed by atoms with Gasteiger partial charge in [0.1, 0.15) is 5.60 Å². The summed E-state index contributed by atoms with van der Waals surface area (Å²) in [6.07, 6.45) is 0.254. The number of hydrogen-bond donors (Lipinski definition) is 1. The minimum atomic E-state index is -0.498. The van der Waals surface area contributed by atoms with Crippen LogP contribution >= 0.6 is 27.3 Å². The van der Waals surface area contributed by atoms with E-state index >= 15 is 0 Å². The van der Waals surface area contributed by atoms with Crippen molar-refractivity contribution in [1.82, 2.24) is 10.3 Å². The van der Waals surface area contributed by atoms with Crippen LogP contribution in [0, 0.1) is 0 Å². The van der Waals surface area contributed by atoms with Crippen molar-refractivity contribution < 1.29 is 9.53 Å². The van der Waals surface area contributed by atoms with Gasteiger partial charge in [0.15, 0.2) is 0 Å². The van der Waals surface area contributed by atoms with Gasteiger partial charge < -0.3 is 10.1 Å². The molecule has 0 fully saturated rings. The number of rotatable bonds is 3.